The van der Waals surface area contributed by atoms with Crippen molar-refractivity contribution in [3.05, 3.63) is 53.6 Å². The third kappa shape index (κ3) is 4.59. The van der Waals surface area contributed by atoms with E-state index >= 15 is 0 Å². The first kappa shape index (κ1) is 18.5. The molecule has 0 saturated carbocycles. The lowest BCUT2D eigenvalue weighted by Gasteiger charge is -2.23. The van der Waals surface area contributed by atoms with Crippen LogP contribution in [-0.2, 0) is 16.0 Å². The predicted molar refractivity (Wildman–Crippen MR) is 100 cm³/mol. The molecular weight excluding hydrogens is 316 g/mol. The van der Waals surface area contributed by atoms with Crippen molar-refractivity contribution in [1.29, 1.82) is 0 Å². The topological polar surface area (TPSA) is 58.6 Å². The molecule has 0 fully saturated rings. The standard InChI is InChI=1S/C20H24N2O3/c1-5-16-8-6-7-9-18(16)22(15(3)23)13-20(24)21-17-12-14(2)10-11-19(17)25-4/h6-12H,5,13H2,1-4H3,(H,21,24). The van der Waals surface area contributed by atoms with Crippen LogP contribution in [0.2, 0.25) is 0 Å². The summed E-state index contributed by atoms with van der Waals surface area (Å²) >= 11 is 0. The SMILES string of the molecule is CCc1ccccc1N(CC(=O)Nc1cc(C)ccc1OC)C(C)=O. The Kier molecular flexibility index (Phi) is 6.17. The lowest BCUT2D eigenvalue weighted by molar-refractivity contribution is -0.120. The van der Waals surface area contributed by atoms with Crippen molar-refractivity contribution >= 4 is 23.2 Å². The number of amides is 2. The van der Waals surface area contributed by atoms with Gasteiger partial charge < -0.3 is 15.0 Å². The Morgan fingerprint density at radius 3 is 2.52 bits per heavy atom. The normalized spacial score (nSPS) is 10.2. The van der Waals surface area contributed by atoms with Gasteiger partial charge in [0.05, 0.1) is 12.8 Å². The molecule has 0 heterocycles. The summed E-state index contributed by atoms with van der Waals surface area (Å²) in [6, 6.07) is 13.2. The van der Waals surface area contributed by atoms with E-state index in [1.807, 2.05) is 50.2 Å². The molecule has 2 rings (SSSR count). The second-order valence-electron chi connectivity index (χ2n) is 5.84. The Balaban J connectivity index is 2.22. The summed E-state index contributed by atoms with van der Waals surface area (Å²) in [5.41, 5.74) is 3.40. The fourth-order valence-corrected chi connectivity index (χ4v) is 2.69. The van der Waals surface area contributed by atoms with E-state index < -0.39 is 0 Å². The van der Waals surface area contributed by atoms with E-state index in [-0.39, 0.29) is 18.4 Å². The molecule has 2 aromatic carbocycles. The maximum absolute atomic E-state index is 12.5. The molecule has 0 aliphatic carbocycles. The molecule has 0 saturated heterocycles. The molecule has 0 aromatic heterocycles. The van der Waals surface area contributed by atoms with Crippen LogP contribution < -0.4 is 15.0 Å². The smallest absolute Gasteiger partial charge is 0.244 e. The highest BCUT2D eigenvalue weighted by molar-refractivity contribution is 6.02. The van der Waals surface area contributed by atoms with Crippen LogP contribution >= 0.6 is 0 Å². The number of benzene rings is 2. The van der Waals surface area contributed by atoms with Crippen LogP contribution in [0.4, 0.5) is 11.4 Å². The molecule has 0 radical (unpaired) electrons. The molecule has 132 valence electrons. The fraction of sp³-hybridized carbons (Fsp3) is 0.300. The van der Waals surface area contributed by atoms with Gasteiger partial charge in [0.2, 0.25) is 11.8 Å². The van der Waals surface area contributed by atoms with Crippen LogP contribution in [0.3, 0.4) is 0 Å². The van der Waals surface area contributed by atoms with E-state index in [2.05, 4.69) is 5.32 Å². The molecule has 0 spiro atoms. The molecule has 25 heavy (non-hydrogen) atoms. The largest absolute Gasteiger partial charge is 0.495 e. The van der Waals surface area contributed by atoms with E-state index in [0.717, 1.165) is 23.2 Å². The molecular formula is C20H24N2O3. The van der Waals surface area contributed by atoms with Gasteiger partial charge in [0.1, 0.15) is 12.3 Å². The van der Waals surface area contributed by atoms with Crippen molar-refractivity contribution in [3.63, 3.8) is 0 Å². The van der Waals surface area contributed by atoms with E-state index in [1.54, 1.807) is 13.2 Å². The second kappa shape index (κ2) is 8.33. The first-order valence-corrected chi connectivity index (χ1v) is 8.26. The fourth-order valence-electron chi connectivity index (χ4n) is 2.69. The number of nitrogens with one attached hydrogen (secondary N) is 1. The van der Waals surface area contributed by atoms with Crippen molar-refractivity contribution in [1.82, 2.24) is 0 Å². The zero-order valence-corrected chi connectivity index (χ0v) is 15.1. The number of para-hydroxylation sites is 1. The zero-order chi connectivity index (χ0) is 18.4. The summed E-state index contributed by atoms with van der Waals surface area (Å²) in [5.74, 6) is 0.138. The van der Waals surface area contributed by atoms with Gasteiger partial charge >= 0.3 is 0 Å². The van der Waals surface area contributed by atoms with Crippen LogP contribution in [0.1, 0.15) is 25.0 Å². The van der Waals surface area contributed by atoms with Gasteiger partial charge in [-0.25, -0.2) is 0 Å². The quantitative estimate of drug-likeness (QED) is 0.875. The van der Waals surface area contributed by atoms with E-state index in [0.29, 0.717) is 11.4 Å². The summed E-state index contributed by atoms with van der Waals surface area (Å²) in [7, 11) is 1.56. The Hall–Kier alpha value is -2.82. The lowest BCUT2D eigenvalue weighted by Crippen LogP contribution is -2.37. The second-order valence-corrected chi connectivity index (χ2v) is 5.84. The van der Waals surface area contributed by atoms with Crippen LogP contribution in [-0.4, -0.2) is 25.5 Å². The number of hydrogen-bond acceptors (Lipinski definition) is 3. The number of ether oxygens (including phenoxy) is 1. The number of carbonyl (C=O) groups excluding carboxylic acids is 2. The third-order valence-electron chi connectivity index (χ3n) is 3.97. The summed E-state index contributed by atoms with van der Waals surface area (Å²) < 4.78 is 5.28. The number of nitrogens with zero attached hydrogens (tertiary/aromatic N) is 1. The van der Waals surface area contributed by atoms with Gasteiger partial charge in [-0.05, 0) is 42.7 Å². The molecule has 2 amide bonds. The summed E-state index contributed by atoms with van der Waals surface area (Å²) in [4.78, 5) is 26.1. The highest BCUT2D eigenvalue weighted by atomic mass is 16.5. The Bertz CT molecular complexity index is 771. The van der Waals surface area contributed by atoms with Crippen LogP contribution in [0.15, 0.2) is 42.5 Å². The van der Waals surface area contributed by atoms with Crippen LogP contribution in [0.5, 0.6) is 5.75 Å². The Morgan fingerprint density at radius 2 is 1.88 bits per heavy atom. The number of hydrogen-bond donors (Lipinski definition) is 1. The van der Waals surface area contributed by atoms with Crippen molar-refractivity contribution in [2.24, 2.45) is 0 Å². The van der Waals surface area contributed by atoms with Gasteiger partial charge in [-0.15, -0.1) is 0 Å². The maximum atomic E-state index is 12.5. The summed E-state index contributed by atoms with van der Waals surface area (Å²) in [6.45, 7) is 5.37. The summed E-state index contributed by atoms with van der Waals surface area (Å²) in [5, 5.41) is 2.84. The molecule has 0 aliphatic rings. The minimum Gasteiger partial charge on any atom is -0.495 e. The predicted octanol–water partition coefficient (Wildman–Crippen LogP) is 3.56. The van der Waals surface area contributed by atoms with Crippen LogP contribution in [0.25, 0.3) is 0 Å². The van der Waals surface area contributed by atoms with Gasteiger partial charge in [-0.3, -0.25) is 9.59 Å². The molecule has 5 nitrogen and oxygen atoms in total. The molecule has 1 N–H and O–H groups in total. The van der Waals surface area contributed by atoms with E-state index in [4.69, 9.17) is 4.74 Å². The number of methoxy groups -OCH3 is 1. The van der Waals surface area contributed by atoms with Crippen molar-refractivity contribution in [2.45, 2.75) is 27.2 Å². The molecule has 0 bridgehead atoms. The monoisotopic (exact) mass is 340 g/mol. The first-order valence-electron chi connectivity index (χ1n) is 8.26. The number of rotatable bonds is 6. The highest BCUT2D eigenvalue weighted by Crippen LogP contribution is 2.26. The number of anilines is 2. The van der Waals surface area contributed by atoms with Gasteiger partial charge in [0, 0.05) is 12.6 Å². The van der Waals surface area contributed by atoms with Gasteiger partial charge in [0.15, 0.2) is 0 Å². The van der Waals surface area contributed by atoms with E-state index in [1.165, 1.54) is 11.8 Å². The Labute approximate surface area is 148 Å². The van der Waals surface area contributed by atoms with Gasteiger partial charge in [0.25, 0.3) is 0 Å². The molecule has 0 unspecified atom stereocenters. The Morgan fingerprint density at radius 1 is 1.16 bits per heavy atom. The summed E-state index contributed by atoms with van der Waals surface area (Å²) in [6.07, 6.45) is 0.785. The minimum atomic E-state index is -0.273. The molecule has 2 aromatic rings. The minimum absolute atomic E-state index is 0.0521. The molecule has 5 heteroatoms. The number of aryl methyl sites for hydroxylation is 2. The van der Waals surface area contributed by atoms with Crippen molar-refractivity contribution in [3.8, 4) is 5.75 Å². The van der Waals surface area contributed by atoms with Crippen molar-refractivity contribution < 1.29 is 14.3 Å². The zero-order valence-electron chi connectivity index (χ0n) is 15.1. The van der Waals surface area contributed by atoms with Gasteiger partial charge in [-0.1, -0.05) is 31.2 Å². The van der Waals surface area contributed by atoms with Gasteiger partial charge in [-0.2, -0.15) is 0 Å². The first-order chi connectivity index (χ1) is 12.0. The molecule has 0 atom stereocenters. The average molecular weight is 340 g/mol. The average Bonchev–Trinajstić information content (AvgIpc) is 2.59. The van der Waals surface area contributed by atoms with Crippen molar-refractivity contribution in [2.75, 3.05) is 23.9 Å². The van der Waals surface area contributed by atoms with E-state index in [9.17, 15) is 9.59 Å². The third-order valence-corrected chi connectivity index (χ3v) is 3.97. The molecule has 0 aliphatic heterocycles. The number of carbonyl (C=O) groups is 2. The maximum Gasteiger partial charge on any atom is 0.244 e. The highest BCUT2D eigenvalue weighted by Gasteiger charge is 2.19. The lowest BCUT2D eigenvalue weighted by atomic mass is 10.1. The van der Waals surface area contributed by atoms with Crippen LogP contribution in [0, 0.1) is 6.92 Å².